The molecule has 4 rings (SSSR count). The van der Waals surface area contributed by atoms with E-state index in [0.29, 0.717) is 21.3 Å². The molecule has 0 atom stereocenters. The molecule has 0 fully saturated rings. The summed E-state index contributed by atoms with van der Waals surface area (Å²) in [6.07, 6.45) is 3.72. The second-order valence-corrected chi connectivity index (χ2v) is 7.27. The largest absolute Gasteiger partial charge is 0.497 e. The van der Waals surface area contributed by atoms with Gasteiger partial charge in [0.1, 0.15) is 5.75 Å². The van der Waals surface area contributed by atoms with E-state index in [1.807, 2.05) is 66.7 Å². The number of ether oxygens (including phenoxy) is 1. The van der Waals surface area contributed by atoms with Gasteiger partial charge in [-0.2, -0.15) is 0 Å². The van der Waals surface area contributed by atoms with Crippen molar-refractivity contribution in [2.45, 2.75) is 0 Å². The highest BCUT2D eigenvalue weighted by molar-refractivity contribution is 6.44. The van der Waals surface area contributed by atoms with Gasteiger partial charge in [0, 0.05) is 5.57 Å². The second kappa shape index (κ2) is 8.16. The highest BCUT2D eigenvalue weighted by Crippen LogP contribution is 2.41. The number of rotatable bonds is 4. The first kappa shape index (κ1) is 19.3. The number of benzene rings is 3. The van der Waals surface area contributed by atoms with Crippen molar-refractivity contribution in [2.75, 3.05) is 12.0 Å². The Kier molecular flexibility index (Phi) is 5.43. The maximum absolute atomic E-state index is 13.4. The molecule has 0 saturated heterocycles. The summed E-state index contributed by atoms with van der Waals surface area (Å²) in [6, 6.07) is 22.5. The molecular weight excluding hydrogens is 405 g/mol. The summed E-state index contributed by atoms with van der Waals surface area (Å²) in [7, 11) is 1.62. The van der Waals surface area contributed by atoms with E-state index in [9.17, 15) is 4.79 Å². The lowest BCUT2D eigenvalue weighted by molar-refractivity contribution is -0.113. The van der Waals surface area contributed by atoms with Crippen molar-refractivity contribution in [2.24, 2.45) is 0 Å². The van der Waals surface area contributed by atoms with Gasteiger partial charge in [0.2, 0.25) is 0 Å². The molecule has 144 valence electrons. The van der Waals surface area contributed by atoms with Gasteiger partial charge >= 0.3 is 0 Å². The van der Waals surface area contributed by atoms with E-state index in [4.69, 9.17) is 27.9 Å². The predicted octanol–water partition coefficient (Wildman–Crippen LogP) is 6.47. The van der Waals surface area contributed by atoms with Crippen LogP contribution in [0, 0.1) is 0 Å². The SMILES string of the molecule is COc1ccc(C=C2C=C(c3ccccc3)N(c3cccc(Cl)c3Cl)C2=O)cc1. The average Bonchev–Trinajstić information content (AvgIpc) is 3.07. The summed E-state index contributed by atoms with van der Waals surface area (Å²) in [6.45, 7) is 0. The molecule has 29 heavy (non-hydrogen) atoms. The standard InChI is InChI=1S/C24H17Cl2NO2/c1-29-19-12-10-16(11-13-19)14-18-15-22(17-6-3-2-4-7-17)27(24(18)28)21-9-5-8-20(25)23(21)26/h2-15H,1H3. The molecule has 3 aromatic rings. The molecule has 0 spiro atoms. The number of nitrogens with zero attached hydrogens (tertiary/aromatic N) is 1. The third kappa shape index (κ3) is 3.80. The zero-order chi connectivity index (χ0) is 20.4. The fraction of sp³-hybridized carbons (Fsp3) is 0.0417. The van der Waals surface area contributed by atoms with E-state index in [2.05, 4.69) is 0 Å². The molecule has 0 bridgehead atoms. The van der Waals surface area contributed by atoms with Crippen molar-refractivity contribution >= 4 is 46.6 Å². The Labute approximate surface area is 179 Å². The summed E-state index contributed by atoms with van der Waals surface area (Å²) in [5, 5.41) is 0.743. The van der Waals surface area contributed by atoms with Gasteiger partial charge in [0.05, 0.1) is 28.5 Å². The molecule has 1 aliphatic rings. The highest BCUT2D eigenvalue weighted by atomic mass is 35.5. The second-order valence-electron chi connectivity index (χ2n) is 6.48. The predicted molar refractivity (Wildman–Crippen MR) is 119 cm³/mol. The molecule has 0 radical (unpaired) electrons. The lowest BCUT2D eigenvalue weighted by Crippen LogP contribution is -2.25. The van der Waals surface area contributed by atoms with Crippen molar-refractivity contribution in [3.8, 4) is 5.75 Å². The van der Waals surface area contributed by atoms with E-state index in [-0.39, 0.29) is 5.91 Å². The fourth-order valence-electron chi connectivity index (χ4n) is 3.22. The minimum Gasteiger partial charge on any atom is -0.497 e. The molecule has 0 N–H and O–H groups in total. The summed E-state index contributed by atoms with van der Waals surface area (Å²) < 4.78 is 5.20. The molecule has 0 saturated carbocycles. The topological polar surface area (TPSA) is 29.5 Å². The molecular formula is C24H17Cl2NO2. The van der Waals surface area contributed by atoms with Gasteiger partial charge in [0.15, 0.2) is 0 Å². The average molecular weight is 422 g/mol. The summed E-state index contributed by atoms with van der Waals surface area (Å²) >= 11 is 12.7. The van der Waals surface area contributed by atoms with Gasteiger partial charge in [-0.25, -0.2) is 0 Å². The zero-order valence-electron chi connectivity index (χ0n) is 15.6. The van der Waals surface area contributed by atoms with Crippen LogP contribution in [0.25, 0.3) is 11.8 Å². The van der Waals surface area contributed by atoms with Crippen LogP contribution in [0.4, 0.5) is 5.69 Å². The fourth-order valence-corrected chi connectivity index (χ4v) is 3.60. The zero-order valence-corrected chi connectivity index (χ0v) is 17.1. The molecule has 1 heterocycles. The first-order chi connectivity index (χ1) is 14.1. The number of carbonyl (C=O) groups is 1. The van der Waals surface area contributed by atoms with Gasteiger partial charge in [-0.15, -0.1) is 0 Å². The Balaban J connectivity index is 1.82. The smallest absolute Gasteiger partial charge is 0.262 e. The molecule has 0 unspecified atom stereocenters. The van der Waals surface area contributed by atoms with Crippen LogP contribution >= 0.6 is 23.2 Å². The van der Waals surface area contributed by atoms with Crippen LogP contribution in [0.5, 0.6) is 5.75 Å². The van der Waals surface area contributed by atoms with Crippen LogP contribution < -0.4 is 9.64 Å². The minimum atomic E-state index is -0.163. The minimum absolute atomic E-state index is 0.163. The third-order valence-corrected chi connectivity index (χ3v) is 5.47. The molecule has 1 aliphatic heterocycles. The van der Waals surface area contributed by atoms with Crippen LogP contribution in [-0.4, -0.2) is 13.0 Å². The number of methoxy groups -OCH3 is 1. The quantitative estimate of drug-likeness (QED) is 0.451. The van der Waals surface area contributed by atoms with E-state index >= 15 is 0 Å². The Morgan fingerprint density at radius 2 is 1.62 bits per heavy atom. The maximum atomic E-state index is 13.4. The number of carbonyl (C=O) groups excluding carboxylic acids is 1. The lowest BCUT2D eigenvalue weighted by Gasteiger charge is -2.22. The number of halogens is 2. The molecule has 1 amide bonds. The third-order valence-electron chi connectivity index (χ3n) is 4.66. The maximum Gasteiger partial charge on any atom is 0.262 e. The van der Waals surface area contributed by atoms with Crippen molar-refractivity contribution in [1.82, 2.24) is 0 Å². The van der Waals surface area contributed by atoms with Gasteiger partial charge in [0.25, 0.3) is 5.91 Å². The van der Waals surface area contributed by atoms with Crippen LogP contribution in [0.3, 0.4) is 0 Å². The Bertz CT molecular complexity index is 1120. The van der Waals surface area contributed by atoms with E-state index in [1.165, 1.54) is 0 Å². The van der Waals surface area contributed by atoms with Gasteiger partial charge in [-0.3, -0.25) is 9.69 Å². The van der Waals surface area contributed by atoms with E-state index in [1.54, 1.807) is 30.2 Å². The molecule has 3 nitrogen and oxygen atoms in total. The van der Waals surface area contributed by atoms with Crippen LogP contribution in [-0.2, 0) is 4.79 Å². The number of anilines is 1. The number of hydrogen-bond acceptors (Lipinski definition) is 2. The first-order valence-electron chi connectivity index (χ1n) is 9.00. The summed E-state index contributed by atoms with van der Waals surface area (Å²) in [4.78, 5) is 15.0. The van der Waals surface area contributed by atoms with Gasteiger partial charge in [-0.05, 0) is 47.5 Å². The molecule has 0 aromatic heterocycles. The number of hydrogen-bond donors (Lipinski definition) is 0. The molecule has 0 aliphatic carbocycles. The van der Waals surface area contributed by atoms with Crippen LogP contribution in [0.15, 0.2) is 84.4 Å². The Morgan fingerprint density at radius 3 is 2.31 bits per heavy atom. The molecule has 3 aromatic carbocycles. The Morgan fingerprint density at radius 1 is 0.897 bits per heavy atom. The van der Waals surface area contributed by atoms with Crippen molar-refractivity contribution in [3.05, 3.63) is 106 Å². The summed E-state index contributed by atoms with van der Waals surface area (Å²) in [5.41, 5.74) is 3.67. The van der Waals surface area contributed by atoms with Crippen molar-refractivity contribution in [1.29, 1.82) is 0 Å². The van der Waals surface area contributed by atoms with Crippen molar-refractivity contribution in [3.63, 3.8) is 0 Å². The monoisotopic (exact) mass is 421 g/mol. The van der Waals surface area contributed by atoms with Crippen LogP contribution in [0.2, 0.25) is 10.0 Å². The lowest BCUT2D eigenvalue weighted by atomic mass is 10.1. The van der Waals surface area contributed by atoms with Crippen LogP contribution in [0.1, 0.15) is 11.1 Å². The normalized spacial score (nSPS) is 15.0. The van der Waals surface area contributed by atoms with Crippen molar-refractivity contribution < 1.29 is 9.53 Å². The van der Waals surface area contributed by atoms with E-state index < -0.39 is 0 Å². The van der Waals surface area contributed by atoms with Gasteiger partial charge in [-0.1, -0.05) is 71.7 Å². The highest BCUT2D eigenvalue weighted by Gasteiger charge is 2.32. The summed E-state index contributed by atoms with van der Waals surface area (Å²) in [5.74, 6) is 0.599. The Hall–Kier alpha value is -3.01. The molecule has 5 heteroatoms. The first-order valence-corrected chi connectivity index (χ1v) is 9.75. The van der Waals surface area contributed by atoms with Gasteiger partial charge < -0.3 is 4.74 Å². The van der Waals surface area contributed by atoms with E-state index in [0.717, 1.165) is 22.6 Å². The number of amides is 1.